The van der Waals surface area contributed by atoms with Crippen LogP contribution in [-0.4, -0.2) is 35.9 Å². The van der Waals surface area contributed by atoms with E-state index in [2.05, 4.69) is 15.5 Å². The topological polar surface area (TPSA) is 76.2 Å². The third-order valence-corrected chi connectivity index (χ3v) is 4.81. The molecule has 7 heteroatoms. The predicted octanol–water partition coefficient (Wildman–Crippen LogP) is 3.91. The van der Waals surface area contributed by atoms with Crippen molar-refractivity contribution in [3.63, 3.8) is 0 Å². The van der Waals surface area contributed by atoms with E-state index >= 15 is 0 Å². The van der Waals surface area contributed by atoms with Crippen LogP contribution in [0.25, 0.3) is 10.6 Å². The molecule has 0 saturated carbocycles. The number of nitrogens with one attached hydrogen (secondary N) is 2. The van der Waals surface area contributed by atoms with E-state index in [1.165, 1.54) is 0 Å². The van der Waals surface area contributed by atoms with Crippen LogP contribution in [0.4, 0.5) is 0 Å². The van der Waals surface area contributed by atoms with Crippen LogP contribution in [0.15, 0.2) is 41.8 Å². The van der Waals surface area contributed by atoms with Gasteiger partial charge in [-0.25, -0.2) is 0 Å². The largest absolute Gasteiger partial charge is 0.490 e. The molecule has 27 heavy (non-hydrogen) atoms. The second-order valence-corrected chi connectivity index (χ2v) is 6.74. The number of aromatic nitrogens is 2. The quantitative estimate of drug-likeness (QED) is 0.586. The molecule has 2 aromatic heterocycles. The Hall–Kier alpha value is -2.80. The number of carbonyl (C=O) groups is 1. The first-order chi connectivity index (χ1) is 13.2. The summed E-state index contributed by atoms with van der Waals surface area (Å²) in [5, 5.41) is 11.9. The lowest BCUT2D eigenvalue weighted by molar-refractivity contribution is 0.0949. The molecular formula is C20H23N3O3S. The third-order valence-electron chi connectivity index (χ3n) is 3.90. The van der Waals surface area contributed by atoms with E-state index in [-0.39, 0.29) is 5.91 Å². The van der Waals surface area contributed by atoms with Gasteiger partial charge in [0.15, 0.2) is 17.2 Å². The van der Waals surface area contributed by atoms with Crippen LogP contribution in [0, 0.1) is 0 Å². The maximum atomic E-state index is 12.3. The van der Waals surface area contributed by atoms with Gasteiger partial charge in [0.05, 0.1) is 23.8 Å². The van der Waals surface area contributed by atoms with Gasteiger partial charge in [0.1, 0.15) is 0 Å². The number of hydrogen-bond donors (Lipinski definition) is 2. The maximum absolute atomic E-state index is 12.3. The van der Waals surface area contributed by atoms with Gasteiger partial charge in [-0.1, -0.05) is 12.1 Å². The number of hydrogen-bond acceptors (Lipinski definition) is 5. The van der Waals surface area contributed by atoms with E-state index in [1.807, 2.05) is 49.6 Å². The van der Waals surface area contributed by atoms with Gasteiger partial charge < -0.3 is 14.8 Å². The lowest BCUT2D eigenvalue weighted by Gasteiger charge is -2.12. The van der Waals surface area contributed by atoms with Crippen LogP contribution < -0.4 is 14.8 Å². The second kappa shape index (κ2) is 9.23. The molecule has 3 rings (SSSR count). The third kappa shape index (κ3) is 4.89. The van der Waals surface area contributed by atoms with Crippen LogP contribution in [0.2, 0.25) is 0 Å². The predicted molar refractivity (Wildman–Crippen MR) is 107 cm³/mol. The maximum Gasteiger partial charge on any atom is 0.271 e. The van der Waals surface area contributed by atoms with Gasteiger partial charge in [-0.05, 0) is 55.5 Å². The summed E-state index contributed by atoms with van der Waals surface area (Å²) in [7, 11) is 0. The van der Waals surface area contributed by atoms with Crippen molar-refractivity contribution in [1.82, 2.24) is 15.5 Å². The Morgan fingerprint density at radius 1 is 1.15 bits per heavy atom. The summed E-state index contributed by atoms with van der Waals surface area (Å²) in [6.07, 6.45) is 0.695. The molecule has 0 saturated heterocycles. The molecule has 1 amide bonds. The first kappa shape index (κ1) is 19.0. The van der Waals surface area contributed by atoms with Gasteiger partial charge in [0.2, 0.25) is 0 Å². The van der Waals surface area contributed by atoms with Crippen molar-refractivity contribution in [2.24, 2.45) is 0 Å². The molecule has 1 aromatic carbocycles. The van der Waals surface area contributed by atoms with E-state index in [4.69, 9.17) is 9.47 Å². The summed E-state index contributed by atoms with van der Waals surface area (Å²) in [5.41, 5.74) is 2.31. The molecule has 6 nitrogen and oxygen atoms in total. The standard InChI is InChI=1S/C20H23N3O3S/c1-3-25-17-8-7-14(12-18(17)26-4-2)9-10-21-20(24)16-13-15(22-23-16)19-6-5-11-27-19/h5-8,11-13H,3-4,9-10H2,1-2H3,(H,21,24)(H,22,23). The average molecular weight is 385 g/mol. The van der Waals surface area contributed by atoms with E-state index in [0.29, 0.717) is 31.9 Å². The smallest absolute Gasteiger partial charge is 0.271 e. The highest BCUT2D eigenvalue weighted by atomic mass is 32.1. The van der Waals surface area contributed by atoms with Gasteiger partial charge in [-0.3, -0.25) is 9.89 Å². The Kier molecular flexibility index (Phi) is 6.49. The van der Waals surface area contributed by atoms with Crippen molar-refractivity contribution in [3.05, 3.63) is 53.0 Å². The fraction of sp³-hybridized carbons (Fsp3) is 0.300. The van der Waals surface area contributed by atoms with Crippen LogP contribution in [0.5, 0.6) is 11.5 Å². The fourth-order valence-corrected chi connectivity index (χ4v) is 3.35. The first-order valence-corrected chi connectivity index (χ1v) is 9.85. The number of rotatable bonds is 9. The minimum atomic E-state index is -0.190. The Morgan fingerprint density at radius 3 is 2.70 bits per heavy atom. The molecule has 0 spiro atoms. The highest BCUT2D eigenvalue weighted by molar-refractivity contribution is 7.13. The molecule has 0 unspecified atom stereocenters. The summed E-state index contributed by atoms with van der Waals surface area (Å²) in [5.74, 6) is 1.28. The molecule has 0 aliphatic carbocycles. The molecule has 0 aliphatic rings. The van der Waals surface area contributed by atoms with Crippen LogP contribution >= 0.6 is 11.3 Å². The monoisotopic (exact) mass is 385 g/mol. The molecule has 0 atom stereocenters. The number of H-pyrrole nitrogens is 1. The SMILES string of the molecule is CCOc1ccc(CCNC(=O)c2cc(-c3cccs3)[nH]n2)cc1OCC. The second-order valence-electron chi connectivity index (χ2n) is 5.80. The van der Waals surface area contributed by atoms with E-state index in [1.54, 1.807) is 17.4 Å². The number of carbonyl (C=O) groups excluding carboxylic acids is 1. The molecule has 0 bridgehead atoms. The van der Waals surface area contributed by atoms with Crippen LogP contribution in [0.1, 0.15) is 29.9 Å². The van der Waals surface area contributed by atoms with Crippen LogP contribution in [-0.2, 0) is 6.42 Å². The molecule has 142 valence electrons. The van der Waals surface area contributed by atoms with Crippen molar-refractivity contribution in [3.8, 4) is 22.1 Å². The fourth-order valence-electron chi connectivity index (χ4n) is 2.66. The Morgan fingerprint density at radius 2 is 1.96 bits per heavy atom. The number of amides is 1. The zero-order valence-corrected chi connectivity index (χ0v) is 16.3. The van der Waals surface area contributed by atoms with Gasteiger partial charge in [-0.15, -0.1) is 11.3 Å². The molecule has 3 aromatic rings. The molecule has 0 aliphatic heterocycles. The minimum absolute atomic E-state index is 0.190. The van der Waals surface area contributed by atoms with Gasteiger partial charge in [0, 0.05) is 6.54 Å². The highest BCUT2D eigenvalue weighted by Gasteiger charge is 2.12. The molecule has 2 N–H and O–H groups in total. The van der Waals surface area contributed by atoms with Crippen molar-refractivity contribution in [1.29, 1.82) is 0 Å². The summed E-state index contributed by atoms with van der Waals surface area (Å²) < 4.78 is 11.2. The zero-order valence-electron chi connectivity index (χ0n) is 15.5. The first-order valence-electron chi connectivity index (χ1n) is 8.97. The zero-order chi connectivity index (χ0) is 19.1. The Bertz CT molecular complexity index is 874. The lowest BCUT2D eigenvalue weighted by atomic mass is 10.1. The van der Waals surface area contributed by atoms with Gasteiger partial charge >= 0.3 is 0 Å². The summed E-state index contributed by atoms with van der Waals surface area (Å²) in [6.45, 7) is 5.56. The number of benzene rings is 1. The van der Waals surface area contributed by atoms with E-state index in [9.17, 15) is 4.79 Å². The minimum Gasteiger partial charge on any atom is -0.490 e. The highest BCUT2D eigenvalue weighted by Crippen LogP contribution is 2.28. The van der Waals surface area contributed by atoms with Crippen molar-refractivity contribution >= 4 is 17.2 Å². The van der Waals surface area contributed by atoms with E-state index in [0.717, 1.165) is 27.6 Å². The van der Waals surface area contributed by atoms with Crippen LogP contribution in [0.3, 0.4) is 0 Å². The van der Waals surface area contributed by atoms with Gasteiger partial charge in [-0.2, -0.15) is 5.10 Å². The Balaban J connectivity index is 1.56. The number of aromatic amines is 1. The number of nitrogens with zero attached hydrogens (tertiary/aromatic N) is 1. The normalized spacial score (nSPS) is 10.6. The molecule has 0 radical (unpaired) electrons. The van der Waals surface area contributed by atoms with Crippen molar-refractivity contribution in [2.75, 3.05) is 19.8 Å². The molecule has 2 heterocycles. The molecule has 0 fully saturated rings. The number of thiophene rings is 1. The lowest BCUT2D eigenvalue weighted by Crippen LogP contribution is -2.26. The molecular weight excluding hydrogens is 362 g/mol. The summed E-state index contributed by atoms with van der Waals surface area (Å²) in [4.78, 5) is 13.3. The number of ether oxygens (including phenoxy) is 2. The summed E-state index contributed by atoms with van der Waals surface area (Å²) in [6, 6.07) is 11.6. The van der Waals surface area contributed by atoms with Gasteiger partial charge in [0.25, 0.3) is 5.91 Å². The Labute approximate surface area is 162 Å². The average Bonchev–Trinajstić information content (AvgIpc) is 3.35. The van der Waals surface area contributed by atoms with Crippen molar-refractivity contribution in [2.45, 2.75) is 20.3 Å². The van der Waals surface area contributed by atoms with Crippen molar-refractivity contribution < 1.29 is 14.3 Å². The summed E-state index contributed by atoms with van der Waals surface area (Å²) >= 11 is 1.60. The van der Waals surface area contributed by atoms with E-state index < -0.39 is 0 Å².